The number of aromatic nitrogens is 1. The van der Waals surface area contributed by atoms with Crippen LogP contribution in [-0.4, -0.2) is 10.1 Å². The van der Waals surface area contributed by atoms with Gasteiger partial charge in [0.05, 0.1) is 16.3 Å². The van der Waals surface area contributed by atoms with Crippen LogP contribution in [0.25, 0.3) is 16.5 Å². The minimum absolute atomic E-state index is 0.0943. The second-order valence-electron chi connectivity index (χ2n) is 6.43. The molecule has 0 saturated heterocycles. The van der Waals surface area contributed by atoms with Crippen LogP contribution in [0.15, 0.2) is 88.6 Å². The number of nitrogens with one attached hydrogen (secondary N) is 1. The summed E-state index contributed by atoms with van der Waals surface area (Å²) in [5, 5.41) is 13.3. The molecule has 3 aromatic carbocycles. The highest BCUT2D eigenvalue weighted by molar-refractivity contribution is 6.00. The van der Waals surface area contributed by atoms with Crippen LogP contribution in [0.3, 0.4) is 0 Å². The second kappa shape index (κ2) is 5.85. The summed E-state index contributed by atoms with van der Waals surface area (Å²) in [6, 6.07) is 23.0. The molecule has 130 valence electrons. The molecule has 0 atom stereocenters. The molecule has 27 heavy (non-hydrogen) atoms. The Morgan fingerprint density at radius 1 is 0.815 bits per heavy atom. The average molecular weight is 352 g/mol. The van der Waals surface area contributed by atoms with E-state index in [1.807, 2.05) is 72.8 Å². The Kier molecular flexibility index (Phi) is 3.33. The Bertz CT molecular complexity index is 1290. The van der Waals surface area contributed by atoms with Gasteiger partial charge in [0, 0.05) is 22.2 Å². The van der Waals surface area contributed by atoms with Crippen LogP contribution in [0.5, 0.6) is 5.88 Å². The van der Waals surface area contributed by atoms with Gasteiger partial charge in [-0.2, -0.15) is 0 Å². The maximum Gasteiger partial charge on any atom is 0.197 e. The standard InChI is InChI=1S/C22H16N4O/c23-14-11-9-13(10-12-14)19(21-24-17-7-3-4-8-18(17)25-21)20-15-5-1-2-6-16(15)26-22(20)27/h1-12,26-27H,23H2. The lowest BCUT2D eigenvalue weighted by atomic mass is 9.96. The van der Waals surface area contributed by atoms with E-state index in [4.69, 9.17) is 15.7 Å². The zero-order valence-corrected chi connectivity index (χ0v) is 14.3. The summed E-state index contributed by atoms with van der Waals surface area (Å²) in [4.78, 5) is 12.5. The molecule has 0 saturated carbocycles. The van der Waals surface area contributed by atoms with E-state index < -0.39 is 0 Å². The monoisotopic (exact) mass is 352 g/mol. The van der Waals surface area contributed by atoms with Crippen LogP contribution in [0.4, 0.5) is 5.69 Å². The van der Waals surface area contributed by atoms with Crippen molar-refractivity contribution in [3.63, 3.8) is 0 Å². The number of aromatic hydroxyl groups is 1. The lowest BCUT2D eigenvalue weighted by Gasteiger charge is -2.10. The Labute approximate surface area is 154 Å². The minimum Gasteiger partial charge on any atom is -0.494 e. The molecule has 4 aromatic rings. The van der Waals surface area contributed by atoms with Crippen LogP contribution >= 0.6 is 0 Å². The highest BCUT2D eigenvalue weighted by atomic mass is 16.3. The SMILES string of the molecule is Nc1ccc(C(=C2N=c3ccccc3=N2)c2c(O)[nH]c3ccccc23)cc1. The molecule has 5 heteroatoms. The second-order valence-corrected chi connectivity index (χ2v) is 6.43. The maximum absolute atomic E-state index is 10.7. The van der Waals surface area contributed by atoms with Crippen molar-refractivity contribution in [2.45, 2.75) is 0 Å². The molecule has 0 spiro atoms. The Balaban J connectivity index is 1.88. The Morgan fingerprint density at radius 3 is 2.15 bits per heavy atom. The van der Waals surface area contributed by atoms with Gasteiger partial charge >= 0.3 is 0 Å². The first-order valence-corrected chi connectivity index (χ1v) is 8.63. The number of nitrogens with two attached hydrogens (primary N) is 1. The van der Waals surface area contributed by atoms with E-state index in [0.29, 0.717) is 17.1 Å². The van der Waals surface area contributed by atoms with Crippen LogP contribution < -0.4 is 16.4 Å². The van der Waals surface area contributed by atoms with Crippen LogP contribution in [-0.2, 0) is 0 Å². The molecule has 2 heterocycles. The van der Waals surface area contributed by atoms with Gasteiger partial charge in [-0.25, -0.2) is 9.98 Å². The zero-order valence-electron chi connectivity index (χ0n) is 14.3. The zero-order chi connectivity index (χ0) is 18.4. The van der Waals surface area contributed by atoms with E-state index in [-0.39, 0.29) is 5.88 Å². The summed E-state index contributed by atoms with van der Waals surface area (Å²) in [7, 11) is 0. The van der Waals surface area contributed by atoms with Crippen molar-refractivity contribution >= 4 is 22.2 Å². The van der Waals surface area contributed by atoms with E-state index in [0.717, 1.165) is 32.8 Å². The maximum atomic E-state index is 10.7. The predicted octanol–water partition coefficient (Wildman–Crippen LogP) is 3.13. The van der Waals surface area contributed by atoms with Gasteiger partial charge in [0.1, 0.15) is 0 Å². The first-order valence-electron chi connectivity index (χ1n) is 8.63. The fourth-order valence-electron chi connectivity index (χ4n) is 3.43. The van der Waals surface area contributed by atoms with Gasteiger partial charge in [0.2, 0.25) is 0 Å². The van der Waals surface area contributed by atoms with Crippen LogP contribution in [0.1, 0.15) is 11.1 Å². The van der Waals surface area contributed by atoms with E-state index in [9.17, 15) is 5.11 Å². The van der Waals surface area contributed by atoms with Gasteiger partial charge in [-0.1, -0.05) is 42.5 Å². The van der Waals surface area contributed by atoms with Crippen molar-refractivity contribution in [3.8, 4) is 5.88 Å². The molecule has 0 unspecified atom stereocenters. The Morgan fingerprint density at radius 2 is 1.44 bits per heavy atom. The molecule has 0 bridgehead atoms. The summed E-state index contributed by atoms with van der Waals surface area (Å²) in [6.07, 6.45) is 0. The molecule has 0 amide bonds. The summed E-state index contributed by atoms with van der Waals surface area (Å²) in [5.41, 5.74) is 9.74. The third-order valence-electron chi connectivity index (χ3n) is 4.69. The molecule has 5 nitrogen and oxygen atoms in total. The van der Waals surface area contributed by atoms with E-state index >= 15 is 0 Å². The third-order valence-corrected chi connectivity index (χ3v) is 4.69. The molecule has 0 radical (unpaired) electrons. The number of benzene rings is 3. The van der Waals surface area contributed by atoms with Gasteiger partial charge in [0.15, 0.2) is 11.7 Å². The molecule has 1 aliphatic heterocycles. The van der Waals surface area contributed by atoms with Gasteiger partial charge in [-0.3, -0.25) is 0 Å². The van der Waals surface area contributed by atoms with Crippen molar-refractivity contribution in [1.29, 1.82) is 0 Å². The lowest BCUT2D eigenvalue weighted by molar-refractivity contribution is 0.457. The number of para-hydroxylation sites is 3. The van der Waals surface area contributed by atoms with Gasteiger partial charge in [-0.15, -0.1) is 0 Å². The van der Waals surface area contributed by atoms with Gasteiger partial charge in [0.25, 0.3) is 0 Å². The fraction of sp³-hybridized carbons (Fsp3) is 0. The quantitative estimate of drug-likeness (QED) is 0.484. The summed E-state index contributed by atoms with van der Waals surface area (Å²) in [5.74, 6) is 0.665. The molecular formula is C22H16N4O. The molecule has 5 rings (SSSR count). The van der Waals surface area contributed by atoms with Gasteiger partial charge < -0.3 is 15.8 Å². The van der Waals surface area contributed by atoms with Crippen molar-refractivity contribution in [3.05, 3.63) is 100 Å². The number of nitrogens with zero attached hydrogens (tertiary/aromatic N) is 2. The molecule has 0 fully saturated rings. The topological polar surface area (TPSA) is 86.8 Å². The molecule has 1 aliphatic rings. The Hall–Kier alpha value is -3.86. The molecule has 0 aliphatic carbocycles. The molecular weight excluding hydrogens is 336 g/mol. The number of hydrogen-bond donors (Lipinski definition) is 3. The largest absolute Gasteiger partial charge is 0.494 e. The number of hydrogen-bond acceptors (Lipinski definition) is 4. The number of rotatable bonds is 2. The number of anilines is 1. The smallest absolute Gasteiger partial charge is 0.197 e. The number of fused-ring (bicyclic) bond motifs is 2. The minimum atomic E-state index is 0.0943. The van der Waals surface area contributed by atoms with Crippen molar-refractivity contribution in [1.82, 2.24) is 4.98 Å². The summed E-state index contributed by atoms with van der Waals surface area (Å²) >= 11 is 0. The lowest BCUT2D eigenvalue weighted by Crippen LogP contribution is -2.19. The molecule has 1 aromatic heterocycles. The average Bonchev–Trinajstić information content (AvgIpc) is 3.25. The highest BCUT2D eigenvalue weighted by Crippen LogP contribution is 2.39. The summed E-state index contributed by atoms with van der Waals surface area (Å²) in [6.45, 7) is 0. The predicted molar refractivity (Wildman–Crippen MR) is 106 cm³/mol. The van der Waals surface area contributed by atoms with E-state index in [1.54, 1.807) is 0 Å². The van der Waals surface area contributed by atoms with E-state index in [2.05, 4.69) is 4.98 Å². The van der Waals surface area contributed by atoms with Crippen molar-refractivity contribution in [2.75, 3.05) is 5.73 Å². The number of nitrogen functional groups attached to an aromatic ring is 1. The van der Waals surface area contributed by atoms with Crippen LogP contribution in [0, 0.1) is 0 Å². The van der Waals surface area contributed by atoms with Crippen molar-refractivity contribution < 1.29 is 5.11 Å². The van der Waals surface area contributed by atoms with Gasteiger partial charge in [-0.05, 0) is 35.9 Å². The van der Waals surface area contributed by atoms with Crippen LogP contribution in [0.2, 0.25) is 0 Å². The first kappa shape index (κ1) is 15.4. The summed E-state index contributed by atoms with van der Waals surface area (Å²) < 4.78 is 0. The highest BCUT2D eigenvalue weighted by Gasteiger charge is 2.21. The fourth-order valence-corrected chi connectivity index (χ4v) is 3.43. The first-order chi connectivity index (χ1) is 13.2. The van der Waals surface area contributed by atoms with Crippen molar-refractivity contribution in [2.24, 2.45) is 9.98 Å². The normalized spacial score (nSPS) is 12.5. The number of aromatic amines is 1. The number of H-pyrrole nitrogens is 1. The third kappa shape index (κ3) is 2.48. The molecule has 4 N–H and O–H groups in total. The van der Waals surface area contributed by atoms with E-state index in [1.165, 1.54) is 0 Å².